The molecular formula is C12H24N6O3. The van der Waals surface area contributed by atoms with Crippen LogP contribution >= 0.6 is 0 Å². The number of hydrogen-bond donors (Lipinski definition) is 3. The third kappa shape index (κ3) is 11.5. The van der Waals surface area contributed by atoms with Crippen LogP contribution in [-0.4, -0.2) is 61.8 Å². The number of carbonyl (C=O) groups excluding carboxylic acids is 1. The smallest absolute Gasteiger partial charge is 0.405 e. The molecule has 0 saturated carbocycles. The molecule has 9 nitrogen and oxygen atoms in total. The summed E-state index contributed by atoms with van der Waals surface area (Å²) in [6.45, 7) is 1.55. The van der Waals surface area contributed by atoms with Gasteiger partial charge >= 0.3 is 6.09 Å². The Bertz CT molecular complexity index is 368. The molecule has 0 heterocycles. The Kier molecular flexibility index (Phi) is 10.7. The van der Waals surface area contributed by atoms with Crippen LogP contribution in [0.2, 0.25) is 0 Å². The topological polar surface area (TPSA) is 130 Å². The summed E-state index contributed by atoms with van der Waals surface area (Å²) in [5.41, 5.74) is 8.11. The minimum Gasteiger partial charge on any atom is -0.465 e. The van der Waals surface area contributed by atoms with Gasteiger partial charge in [0.2, 0.25) is 5.91 Å². The van der Waals surface area contributed by atoms with Gasteiger partial charge in [0.15, 0.2) is 0 Å². The number of azide groups is 1. The molecule has 9 heteroatoms. The van der Waals surface area contributed by atoms with E-state index in [0.29, 0.717) is 25.9 Å². The van der Waals surface area contributed by atoms with Crippen LogP contribution in [0.4, 0.5) is 4.79 Å². The first-order valence-electron chi connectivity index (χ1n) is 6.90. The summed E-state index contributed by atoms with van der Waals surface area (Å²) in [6.07, 6.45) is 1.43. The molecule has 1 unspecified atom stereocenters. The van der Waals surface area contributed by atoms with Crippen molar-refractivity contribution in [2.45, 2.75) is 31.7 Å². The second-order valence-corrected chi connectivity index (χ2v) is 4.90. The summed E-state index contributed by atoms with van der Waals surface area (Å²) in [5.74, 6) is -0.344. The van der Waals surface area contributed by atoms with Crippen molar-refractivity contribution in [3.63, 3.8) is 0 Å². The highest BCUT2D eigenvalue weighted by Crippen LogP contribution is 2.02. The van der Waals surface area contributed by atoms with E-state index in [9.17, 15) is 9.59 Å². The standard InChI is InChI=1S/C12H24N6O3/c1-18(2)9-4-3-6-10(16-12(20)21)11(19)14-7-5-8-15-17-13/h10,16H,3-9H2,1-2H3,(H,14,19)(H,20,21). The molecule has 1 atom stereocenters. The Morgan fingerprint density at radius 1 is 1.33 bits per heavy atom. The molecule has 120 valence electrons. The lowest BCUT2D eigenvalue weighted by molar-refractivity contribution is -0.123. The Morgan fingerprint density at radius 2 is 2.05 bits per heavy atom. The van der Waals surface area contributed by atoms with Gasteiger partial charge in [-0.3, -0.25) is 4.79 Å². The van der Waals surface area contributed by atoms with Crippen LogP contribution in [0.5, 0.6) is 0 Å². The predicted molar refractivity (Wildman–Crippen MR) is 79.0 cm³/mol. The number of hydrogen-bond acceptors (Lipinski definition) is 4. The number of carbonyl (C=O) groups is 2. The molecular weight excluding hydrogens is 276 g/mol. The Morgan fingerprint density at radius 3 is 2.62 bits per heavy atom. The zero-order chi connectivity index (χ0) is 16.1. The first kappa shape index (κ1) is 19.0. The first-order valence-corrected chi connectivity index (χ1v) is 6.90. The average molecular weight is 300 g/mol. The van der Waals surface area contributed by atoms with Crippen molar-refractivity contribution >= 4 is 12.0 Å². The second-order valence-electron chi connectivity index (χ2n) is 4.90. The molecule has 0 aliphatic carbocycles. The normalized spacial score (nSPS) is 11.6. The monoisotopic (exact) mass is 300 g/mol. The van der Waals surface area contributed by atoms with Crippen molar-refractivity contribution < 1.29 is 14.7 Å². The van der Waals surface area contributed by atoms with Crippen molar-refractivity contribution in [3.05, 3.63) is 10.4 Å². The van der Waals surface area contributed by atoms with E-state index in [2.05, 4.69) is 20.7 Å². The van der Waals surface area contributed by atoms with Gasteiger partial charge in [-0.1, -0.05) is 5.11 Å². The van der Waals surface area contributed by atoms with Crippen LogP contribution in [-0.2, 0) is 4.79 Å². The van der Waals surface area contributed by atoms with Gasteiger partial charge < -0.3 is 20.6 Å². The average Bonchev–Trinajstić information content (AvgIpc) is 2.41. The number of unbranched alkanes of at least 4 members (excludes halogenated alkanes) is 1. The van der Waals surface area contributed by atoms with Crippen LogP contribution < -0.4 is 10.6 Å². The third-order valence-electron chi connectivity index (χ3n) is 2.76. The lowest BCUT2D eigenvalue weighted by atomic mass is 10.1. The molecule has 0 aromatic rings. The van der Waals surface area contributed by atoms with Gasteiger partial charge in [0.25, 0.3) is 0 Å². The lowest BCUT2D eigenvalue weighted by Crippen LogP contribution is -2.46. The number of rotatable bonds is 11. The number of nitrogens with zero attached hydrogens (tertiary/aromatic N) is 4. The molecule has 0 aromatic heterocycles. The highest BCUT2D eigenvalue weighted by molar-refractivity contribution is 5.85. The fourth-order valence-electron chi connectivity index (χ4n) is 1.72. The fourth-order valence-corrected chi connectivity index (χ4v) is 1.72. The molecule has 0 fully saturated rings. The summed E-state index contributed by atoms with van der Waals surface area (Å²) < 4.78 is 0. The summed E-state index contributed by atoms with van der Waals surface area (Å²) >= 11 is 0. The van der Waals surface area contributed by atoms with E-state index < -0.39 is 12.1 Å². The second kappa shape index (κ2) is 11.8. The quantitative estimate of drug-likeness (QED) is 0.229. The summed E-state index contributed by atoms with van der Waals surface area (Å²) in [4.78, 5) is 27.3. The largest absolute Gasteiger partial charge is 0.465 e. The van der Waals surface area contributed by atoms with E-state index in [1.807, 2.05) is 19.0 Å². The van der Waals surface area contributed by atoms with Crippen LogP contribution in [0.25, 0.3) is 10.4 Å². The Balaban J connectivity index is 4.09. The van der Waals surface area contributed by atoms with E-state index in [1.165, 1.54) is 0 Å². The van der Waals surface area contributed by atoms with E-state index in [4.69, 9.17) is 10.6 Å². The van der Waals surface area contributed by atoms with E-state index >= 15 is 0 Å². The summed E-state index contributed by atoms with van der Waals surface area (Å²) in [5, 5.41) is 17.0. The Hall–Kier alpha value is -1.99. The number of carboxylic acid groups (broad SMARTS) is 1. The van der Waals surface area contributed by atoms with Crippen molar-refractivity contribution in [1.82, 2.24) is 15.5 Å². The molecule has 3 N–H and O–H groups in total. The maximum absolute atomic E-state index is 11.9. The van der Waals surface area contributed by atoms with E-state index in [0.717, 1.165) is 19.4 Å². The molecule has 0 rings (SSSR count). The van der Waals surface area contributed by atoms with Crippen LogP contribution in [0, 0.1) is 0 Å². The molecule has 0 saturated heterocycles. The zero-order valence-corrected chi connectivity index (χ0v) is 12.6. The minimum atomic E-state index is -1.21. The van der Waals surface area contributed by atoms with Gasteiger partial charge in [-0.15, -0.1) is 0 Å². The van der Waals surface area contributed by atoms with Gasteiger partial charge in [0, 0.05) is 18.0 Å². The summed E-state index contributed by atoms with van der Waals surface area (Å²) in [6, 6.07) is -0.746. The molecule has 2 amide bonds. The van der Waals surface area contributed by atoms with Gasteiger partial charge in [0.05, 0.1) is 0 Å². The highest BCUT2D eigenvalue weighted by Gasteiger charge is 2.19. The molecule has 0 aromatic carbocycles. The molecule has 0 spiro atoms. The van der Waals surface area contributed by atoms with Crippen LogP contribution in [0.1, 0.15) is 25.7 Å². The number of amides is 2. The van der Waals surface area contributed by atoms with Gasteiger partial charge in [-0.2, -0.15) is 0 Å². The minimum absolute atomic E-state index is 0.302. The third-order valence-corrected chi connectivity index (χ3v) is 2.76. The SMILES string of the molecule is CN(C)CCCCC(NC(=O)O)C(=O)NCCCN=[N+]=[N-]. The zero-order valence-electron chi connectivity index (χ0n) is 12.6. The molecule has 0 aliphatic heterocycles. The molecule has 21 heavy (non-hydrogen) atoms. The molecule has 0 aliphatic rings. The Labute approximate surface area is 124 Å². The van der Waals surface area contributed by atoms with Gasteiger partial charge in [0.1, 0.15) is 6.04 Å². The number of nitrogens with one attached hydrogen (secondary N) is 2. The van der Waals surface area contributed by atoms with Crippen molar-refractivity contribution in [3.8, 4) is 0 Å². The molecule has 0 radical (unpaired) electrons. The maximum atomic E-state index is 11.9. The summed E-state index contributed by atoms with van der Waals surface area (Å²) in [7, 11) is 3.92. The highest BCUT2D eigenvalue weighted by atomic mass is 16.4. The van der Waals surface area contributed by atoms with Gasteiger partial charge in [-0.25, -0.2) is 4.79 Å². The van der Waals surface area contributed by atoms with Crippen LogP contribution in [0.3, 0.4) is 0 Å². The maximum Gasteiger partial charge on any atom is 0.405 e. The van der Waals surface area contributed by atoms with Crippen LogP contribution in [0.15, 0.2) is 5.11 Å². The van der Waals surface area contributed by atoms with Gasteiger partial charge in [-0.05, 0) is 51.9 Å². The molecule has 0 bridgehead atoms. The van der Waals surface area contributed by atoms with Crippen molar-refractivity contribution in [1.29, 1.82) is 0 Å². The van der Waals surface area contributed by atoms with E-state index in [-0.39, 0.29) is 5.91 Å². The van der Waals surface area contributed by atoms with E-state index in [1.54, 1.807) is 0 Å². The lowest BCUT2D eigenvalue weighted by Gasteiger charge is -2.17. The first-order chi connectivity index (χ1) is 9.97. The predicted octanol–water partition coefficient (Wildman–Crippen LogP) is 1.17. The van der Waals surface area contributed by atoms with Crippen molar-refractivity contribution in [2.24, 2.45) is 5.11 Å². The van der Waals surface area contributed by atoms with Crippen molar-refractivity contribution in [2.75, 3.05) is 33.7 Å². The fraction of sp³-hybridized carbons (Fsp3) is 0.833.